The summed E-state index contributed by atoms with van der Waals surface area (Å²) in [5.41, 5.74) is 1.29. The first-order chi connectivity index (χ1) is 9.69. The zero-order valence-electron chi connectivity index (χ0n) is 11.5. The Morgan fingerprint density at radius 2 is 2.35 bits per heavy atom. The molecular weight excluding hydrogens is 276 g/mol. The first-order valence-corrected chi connectivity index (χ1v) is 7.45. The summed E-state index contributed by atoms with van der Waals surface area (Å²) in [6, 6.07) is 0. The molecule has 3 rings (SSSR count). The standard InChI is InChI=1S/C14H16N2O3S/c1-8-3-4-9-10(5-8)20-14-12(9)13(15-7-16-14)19-6-11(17)18-2/h7-8H,3-6H2,1-2H3. The van der Waals surface area contributed by atoms with E-state index in [4.69, 9.17) is 4.74 Å². The van der Waals surface area contributed by atoms with Crippen molar-refractivity contribution in [2.45, 2.75) is 26.2 Å². The molecule has 2 aromatic rings. The van der Waals surface area contributed by atoms with E-state index < -0.39 is 5.97 Å². The highest BCUT2D eigenvalue weighted by Crippen LogP contribution is 2.40. The number of carbonyl (C=O) groups excluding carboxylic acids is 1. The van der Waals surface area contributed by atoms with Crippen LogP contribution in [0.3, 0.4) is 0 Å². The summed E-state index contributed by atoms with van der Waals surface area (Å²) < 4.78 is 10.1. The van der Waals surface area contributed by atoms with Gasteiger partial charge in [-0.3, -0.25) is 0 Å². The molecule has 0 N–H and O–H groups in total. The number of hydrogen-bond acceptors (Lipinski definition) is 6. The average molecular weight is 292 g/mol. The zero-order valence-corrected chi connectivity index (χ0v) is 12.3. The minimum atomic E-state index is -0.408. The molecule has 2 heterocycles. The van der Waals surface area contributed by atoms with Crippen LogP contribution in [0.4, 0.5) is 0 Å². The molecule has 1 atom stereocenters. The predicted molar refractivity (Wildman–Crippen MR) is 76.1 cm³/mol. The molecule has 0 saturated heterocycles. The molecule has 1 unspecified atom stereocenters. The van der Waals surface area contributed by atoms with E-state index in [0.717, 1.165) is 23.1 Å². The lowest BCUT2D eigenvalue weighted by atomic mass is 9.89. The monoisotopic (exact) mass is 292 g/mol. The third-order valence-electron chi connectivity index (χ3n) is 3.61. The van der Waals surface area contributed by atoms with Crippen LogP contribution in [0.2, 0.25) is 0 Å². The minimum absolute atomic E-state index is 0.121. The summed E-state index contributed by atoms with van der Waals surface area (Å²) in [6.45, 7) is 2.15. The Balaban J connectivity index is 1.98. The van der Waals surface area contributed by atoms with Crippen molar-refractivity contribution in [2.75, 3.05) is 13.7 Å². The van der Waals surface area contributed by atoms with Crippen molar-refractivity contribution in [1.82, 2.24) is 9.97 Å². The Morgan fingerprint density at radius 3 is 3.15 bits per heavy atom. The number of fused-ring (bicyclic) bond motifs is 3. The highest BCUT2D eigenvalue weighted by molar-refractivity contribution is 7.18. The molecule has 106 valence electrons. The largest absolute Gasteiger partial charge is 0.466 e. The van der Waals surface area contributed by atoms with E-state index in [2.05, 4.69) is 21.6 Å². The van der Waals surface area contributed by atoms with Gasteiger partial charge < -0.3 is 9.47 Å². The highest BCUT2D eigenvalue weighted by atomic mass is 32.1. The van der Waals surface area contributed by atoms with E-state index in [0.29, 0.717) is 11.8 Å². The molecule has 2 aromatic heterocycles. The second-order valence-electron chi connectivity index (χ2n) is 5.08. The number of methoxy groups -OCH3 is 1. The highest BCUT2D eigenvalue weighted by Gasteiger charge is 2.23. The SMILES string of the molecule is COC(=O)COc1ncnc2sc3c(c12)CCC(C)C3. The van der Waals surface area contributed by atoms with Crippen LogP contribution in [0.15, 0.2) is 6.33 Å². The lowest BCUT2D eigenvalue weighted by molar-refractivity contribution is -0.142. The smallest absolute Gasteiger partial charge is 0.343 e. The van der Waals surface area contributed by atoms with Crippen LogP contribution in [0.25, 0.3) is 10.2 Å². The third kappa shape index (κ3) is 2.35. The Kier molecular flexibility index (Phi) is 3.56. The number of hydrogen-bond donors (Lipinski definition) is 0. The van der Waals surface area contributed by atoms with Crippen molar-refractivity contribution in [2.24, 2.45) is 5.92 Å². The minimum Gasteiger partial charge on any atom is -0.466 e. The predicted octanol–water partition coefficient (Wildman–Crippen LogP) is 2.37. The Labute approximate surface area is 120 Å². The van der Waals surface area contributed by atoms with Crippen molar-refractivity contribution >= 4 is 27.5 Å². The van der Waals surface area contributed by atoms with Crippen LogP contribution in [0, 0.1) is 5.92 Å². The van der Waals surface area contributed by atoms with Gasteiger partial charge in [-0.05, 0) is 30.7 Å². The van der Waals surface area contributed by atoms with Gasteiger partial charge in [-0.1, -0.05) is 6.92 Å². The number of carbonyl (C=O) groups is 1. The lowest BCUT2D eigenvalue weighted by Gasteiger charge is -2.18. The van der Waals surface area contributed by atoms with E-state index in [9.17, 15) is 4.79 Å². The van der Waals surface area contributed by atoms with Gasteiger partial charge in [0.2, 0.25) is 5.88 Å². The number of thiophene rings is 1. The van der Waals surface area contributed by atoms with E-state index in [-0.39, 0.29) is 6.61 Å². The van der Waals surface area contributed by atoms with Gasteiger partial charge in [0, 0.05) is 4.88 Å². The van der Waals surface area contributed by atoms with Crippen molar-refractivity contribution in [3.63, 3.8) is 0 Å². The molecule has 0 spiro atoms. The number of aryl methyl sites for hydroxylation is 1. The second-order valence-corrected chi connectivity index (χ2v) is 6.16. The van der Waals surface area contributed by atoms with E-state index >= 15 is 0 Å². The van der Waals surface area contributed by atoms with Gasteiger partial charge >= 0.3 is 5.97 Å². The van der Waals surface area contributed by atoms with Gasteiger partial charge in [0.05, 0.1) is 12.5 Å². The molecule has 0 saturated carbocycles. The molecule has 20 heavy (non-hydrogen) atoms. The maximum atomic E-state index is 11.2. The summed E-state index contributed by atoms with van der Waals surface area (Å²) in [6.07, 6.45) is 4.77. The number of esters is 1. The van der Waals surface area contributed by atoms with Gasteiger partial charge in [-0.25, -0.2) is 14.8 Å². The zero-order chi connectivity index (χ0) is 14.1. The Morgan fingerprint density at radius 1 is 1.50 bits per heavy atom. The van der Waals surface area contributed by atoms with E-state index in [1.54, 1.807) is 11.3 Å². The second kappa shape index (κ2) is 5.36. The van der Waals surface area contributed by atoms with Crippen LogP contribution in [-0.4, -0.2) is 29.7 Å². The third-order valence-corrected chi connectivity index (χ3v) is 4.77. The van der Waals surface area contributed by atoms with Gasteiger partial charge in [0.25, 0.3) is 0 Å². The normalized spacial score (nSPS) is 17.8. The maximum Gasteiger partial charge on any atom is 0.343 e. The van der Waals surface area contributed by atoms with Crippen molar-refractivity contribution in [3.8, 4) is 5.88 Å². The molecule has 0 fully saturated rings. The fourth-order valence-corrected chi connectivity index (χ4v) is 3.88. The summed E-state index contributed by atoms with van der Waals surface area (Å²) in [4.78, 5) is 22.0. The van der Waals surface area contributed by atoms with Crippen LogP contribution in [0.5, 0.6) is 5.88 Å². The summed E-state index contributed by atoms with van der Waals surface area (Å²) in [5, 5.41) is 0.975. The lowest BCUT2D eigenvalue weighted by Crippen LogP contribution is -2.14. The van der Waals surface area contributed by atoms with E-state index in [1.807, 2.05) is 0 Å². The number of rotatable bonds is 3. The molecule has 0 aromatic carbocycles. The van der Waals surface area contributed by atoms with Crippen LogP contribution >= 0.6 is 11.3 Å². The van der Waals surface area contributed by atoms with Gasteiger partial charge in [-0.15, -0.1) is 11.3 Å². The van der Waals surface area contributed by atoms with Gasteiger partial charge in [-0.2, -0.15) is 0 Å². The molecule has 1 aliphatic carbocycles. The Bertz CT molecular complexity index is 653. The Hall–Kier alpha value is -1.69. The molecule has 5 nitrogen and oxygen atoms in total. The number of nitrogens with zero attached hydrogens (tertiary/aromatic N) is 2. The molecule has 6 heteroatoms. The summed E-state index contributed by atoms with van der Waals surface area (Å²) >= 11 is 1.71. The van der Waals surface area contributed by atoms with Crippen LogP contribution in [0.1, 0.15) is 23.8 Å². The number of ether oxygens (including phenoxy) is 2. The topological polar surface area (TPSA) is 61.3 Å². The number of aromatic nitrogens is 2. The van der Waals surface area contributed by atoms with Crippen molar-refractivity contribution in [1.29, 1.82) is 0 Å². The fourth-order valence-electron chi connectivity index (χ4n) is 2.54. The van der Waals surface area contributed by atoms with Gasteiger partial charge in [0.15, 0.2) is 6.61 Å². The summed E-state index contributed by atoms with van der Waals surface area (Å²) in [7, 11) is 1.34. The molecule has 0 bridgehead atoms. The molecule has 0 amide bonds. The quantitative estimate of drug-likeness (QED) is 0.813. The average Bonchev–Trinajstić information content (AvgIpc) is 2.82. The van der Waals surface area contributed by atoms with Crippen LogP contribution < -0.4 is 4.74 Å². The van der Waals surface area contributed by atoms with Gasteiger partial charge in [0.1, 0.15) is 11.2 Å². The van der Waals surface area contributed by atoms with Crippen molar-refractivity contribution in [3.05, 3.63) is 16.8 Å². The van der Waals surface area contributed by atoms with Crippen molar-refractivity contribution < 1.29 is 14.3 Å². The molecule has 1 aliphatic rings. The van der Waals surface area contributed by atoms with Crippen LogP contribution in [-0.2, 0) is 22.4 Å². The molecular formula is C14H16N2O3S. The fraction of sp³-hybridized carbons (Fsp3) is 0.500. The molecule has 0 aliphatic heterocycles. The maximum absolute atomic E-state index is 11.2. The summed E-state index contributed by atoms with van der Waals surface area (Å²) in [5.74, 6) is 0.796. The first-order valence-electron chi connectivity index (χ1n) is 6.64. The first kappa shape index (κ1) is 13.3. The van der Waals surface area contributed by atoms with E-state index in [1.165, 1.54) is 30.3 Å². The molecule has 0 radical (unpaired) electrons.